The van der Waals surface area contributed by atoms with Crippen molar-refractivity contribution in [2.45, 2.75) is 18.5 Å². The zero-order valence-electron chi connectivity index (χ0n) is 11.0. The lowest BCUT2D eigenvalue weighted by Gasteiger charge is -2.31. The van der Waals surface area contributed by atoms with Crippen molar-refractivity contribution < 1.29 is 0 Å². The van der Waals surface area contributed by atoms with Gasteiger partial charge in [-0.1, -0.05) is 0 Å². The first-order chi connectivity index (χ1) is 8.08. The summed E-state index contributed by atoms with van der Waals surface area (Å²) >= 11 is 0. The van der Waals surface area contributed by atoms with Crippen LogP contribution in [-0.4, -0.2) is 59.4 Å². The Bertz CT molecular complexity index is 362. The molecule has 2 rings (SSSR count). The van der Waals surface area contributed by atoms with Gasteiger partial charge in [0.05, 0.1) is 6.20 Å². The van der Waals surface area contributed by atoms with Crippen molar-refractivity contribution in [3.8, 4) is 0 Å². The number of hydrogen-bond acceptors (Lipinski definition) is 4. The minimum absolute atomic E-state index is 0.0363. The Morgan fingerprint density at radius 1 is 1.35 bits per heavy atom. The van der Waals surface area contributed by atoms with Gasteiger partial charge < -0.3 is 15.5 Å². The van der Waals surface area contributed by atoms with Crippen LogP contribution in [-0.2, 0) is 7.05 Å². The molecule has 5 nitrogen and oxygen atoms in total. The van der Waals surface area contributed by atoms with Crippen LogP contribution in [0.3, 0.4) is 0 Å². The first-order valence-electron chi connectivity index (χ1n) is 6.21. The molecule has 0 spiro atoms. The average Bonchev–Trinajstić information content (AvgIpc) is 2.64. The third-order valence-electron chi connectivity index (χ3n) is 3.64. The van der Waals surface area contributed by atoms with Crippen LogP contribution in [0.2, 0.25) is 0 Å². The Morgan fingerprint density at radius 2 is 2.12 bits per heavy atom. The lowest BCUT2D eigenvalue weighted by atomic mass is 10.0. The number of rotatable bonds is 2. The van der Waals surface area contributed by atoms with E-state index in [0.29, 0.717) is 6.04 Å². The van der Waals surface area contributed by atoms with E-state index in [1.807, 2.05) is 24.1 Å². The average molecular weight is 237 g/mol. The van der Waals surface area contributed by atoms with Crippen molar-refractivity contribution in [1.82, 2.24) is 19.6 Å². The monoisotopic (exact) mass is 237 g/mol. The van der Waals surface area contributed by atoms with Crippen LogP contribution < -0.4 is 5.73 Å². The summed E-state index contributed by atoms with van der Waals surface area (Å²) in [6.45, 7) is 3.29. The van der Waals surface area contributed by atoms with E-state index in [9.17, 15) is 0 Å². The molecule has 2 unspecified atom stereocenters. The summed E-state index contributed by atoms with van der Waals surface area (Å²) in [7, 11) is 6.27. The molecule has 1 aromatic heterocycles. The fourth-order valence-electron chi connectivity index (χ4n) is 2.53. The minimum atomic E-state index is 0.0363. The molecular weight excluding hydrogens is 214 g/mol. The molecule has 0 amide bonds. The molecule has 0 aromatic carbocycles. The number of nitrogens with zero attached hydrogens (tertiary/aromatic N) is 4. The summed E-state index contributed by atoms with van der Waals surface area (Å²) in [5.41, 5.74) is 7.51. The van der Waals surface area contributed by atoms with Crippen LogP contribution in [0, 0.1) is 0 Å². The first kappa shape index (κ1) is 12.5. The van der Waals surface area contributed by atoms with E-state index in [0.717, 1.165) is 25.2 Å². The Morgan fingerprint density at radius 3 is 2.76 bits per heavy atom. The topological polar surface area (TPSA) is 50.3 Å². The molecule has 5 heteroatoms. The number of nitrogens with two attached hydrogens (primary N) is 1. The molecular formula is C12H23N5. The maximum Gasteiger partial charge on any atom is 0.0538 e. The molecule has 2 heterocycles. The van der Waals surface area contributed by atoms with Gasteiger partial charge in [-0.05, 0) is 33.6 Å². The lowest BCUT2D eigenvalue weighted by molar-refractivity contribution is 0.196. The highest BCUT2D eigenvalue weighted by Crippen LogP contribution is 2.20. The van der Waals surface area contributed by atoms with Crippen molar-refractivity contribution in [1.29, 1.82) is 0 Å². The van der Waals surface area contributed by atoms with Crippen molar-refractivity contribution in [3.63, 3.8) is 0 Å². The van der Waals surface area contributed by atoms with Gasteiger partial charge in [0.15, 0.2) is 0 Å². The highest BCUT2D eigenvalue weighted by molar-refractivity contribution is 5.13. The van der Waals surface area contributed by atoms with Gasteiger partial charge in [-0.15, -0.1) is 0 Å². The molecule has 1 fully saturated rings. The molecule has 17 heavy (non-hydrogen) atoms. The van der Waals surface area contributed by atoms with E-state index in [1.165, 1.54) is 6.42 Å². The molecule has 1 aliphatic rings. The van der Waals surface area contributed by atoms with Crippen molar-refractivity contribution >= 4 is 0 Å². The summed E-state index contributed by atoms with van der Waals surface area (Å²) in [6, 6.07) is 0.404. The molecule has 1 saturated heterocycles. The lowest BCUT2D eigenvalue weighted by Crippen LogP contribution is -2.45. The molecule has 1 aliphatic heterocycles. The van der Waals surface area contributed by atoms with Crippen LogP contribution in [0.4, 0.5) is 0 Å². The highest BCUT2D eigenvalue weighted by atomic mass is 15.3. The van der Waals surface area contributed by atoms with Gasteiger partial charge in [0.2, 0.25) is 0 Å². The second-order valence-electron chi connectivity index (χ2n) is 5.14. The van der Waals surface area contributed by atoms with E-state index in [4.69, 9.17) is 5.73 Å². The van der Waals surface area contributed by atoms with Crippen LogP contribution >= 0.6 is 0 Å². The van der Waals surface area contributed by atoms with Gasteiger partial charge in [-0.25, -0.2) is 0 Å². The quantitative estimate of drug-likeness (QED) is 0.790. The van der Waals surface area contributed by atoms with E-state index < -0.39 is 0 Å². The van der Waals surface area contributed by atoms with Crippen molar-refractivity contribution in [2.24, 2.45) is 12.8 Å². The smallest absolute Gasteiger partial charge is 0.0538 e. The fraction of sp³-hybridized carbons (Fsp3) is 0.750. The van der Waals surface area contributed by atoms with Gasteiger partial charge in [-0.3, -0.25) is 4.68 Å². The summed E-state index contributed by atoms with van der Waals surface area (Å²) in [4.78, 5) is 4.74. The normalized spacial score (nSPS) is 25.8. The van der Waals surface area contributed by atoms with Crippen LogP contribution in [0.25, 0.3) is 0 Å². The second kappa shape index (κ2) is 5.16. The molecule has 96 valence electrons. The third kappa shape index (κ3) is 2.86. The van der Waals surface area contributed by atoms with Crippen molar-refractivity contribution in [2.75, 3.05) is 33.7 Å². The standard InChI is InChI=1S/C12H23N5/c1-15-5-4-6-16(2)11(9-15)12(13)10-7-14-17(3)8-10/h7-8,11-12H,4-6,9,13H2,1-3H3. The molecule has 2 atom stereocenters. The van der Waals surface area contributed by atoms with Crippen LogP contribution in [0.15, 0.2) is 12.4 Å². The SMILES string of the molecule is CN1CCCN(C)C(C(N)c2cnn(C)c2)C1. The maximum atomic E-state index is 6.38. The van der Waals surface area contributed by atoms with E-state index in [1.54, 1.807) is 0 Å². The molecule has 0 bridgehead atoms. The molecule has 0 aliphatic carbocycles. The zero-order chi connectivity index (χ0) is 12.4. The van der Waals surface area contributed by atoms with Crippen LogP contribution in [0.1, 0.15) is 18.0 Å². The summed E-state index contributed by atoms with van der Waals surface area (Å²) in [5, 5.41) is 4.20. The number of likely N-dealkylation sites (N-methyl/N-ethyl adjacent to an activating group) is 2. The van der Waals surface area contributed by atoms with Gasteiger partial charge in [0, 0.05) is 37.4 Å². The first-order valence-corrected chi connectivity index (χ1v) is 6.21. The molecule has 2 N–H and O–H groups in total. The maximum absolute atomic E-state index is 6.38. The van der Waals surface area contributed by atoms with Crippen LogP contribution in [0.5, 0.6) is 0 Å². The van der Waals surface area contributed by atoms with Gasteiger partial charge in [-0.2, -0.15) is 5.10 Å². The van der Waals surface area contributed by atoms with Crippen molar-refractivity contribution in [3.05, 3.63) is 18.0 Å². The van der Waals surface area contributed by atoms with Gasteiger partial charge in [0.1, 0.15) is 0 Å². The zero-order valence-corrected chi connectivity index (χ0v) is 11.0. The predicted octanol–water partition coefficient (Wildman–Crippen LogP) is 0.0558. The number of aryl methyl sites for hydroxylation is 1. The summed E-state index contributed by atoms with van der Waals surface area (Å²) in [6.07, 6.45) is 5.11. The summed E-state index contributed by atoms with van der Waals surface area (Å²) in [5.74, 6) is 0. The minimum Gasteiger partial charge on any atom is -0.323 e. The highest BCUT2D eigenvalue weighted by Gasteiger charge is 2.27. The largest absolute Gasteiger partial charge is 0.323 e. The number of hydrogen-bond donors (Lipinski definition) is 1. The molecule has 1 aromatic rings. The van der Waals surface area contributed by atoms with Gasteiger partial charge >= 0.3 is 0 Å². The number of aromatic nitrogens is 2. The fourth-order valence-corrected chi connectivity index (χ4v) is 2.53. The summed E-state index contributed by atoms with van der Waals surface area (Å²) < 4.78 is 1.82. The van der Waals surface area contributed by atoms with E-state index >= 15 is 0 Å². The Hall–Kier alpha value is -0.910. The van der Waals surface area contributed by atoms with Gasteiger partial charge in [0.25, 0.3) is 0 Å². The Kier molecular flexibility index (Phi) is 3.81. The van der Waals surface area contributed by atoms with E-state index in [-0.39, 0.29) is 6.04 Å². The predicted molar refractivity (Wildman–Crippen MR) is 68.7 cm³/mol. The third-order valence-corrected chi connectivity index (χ3v) is 3.64. The molecule has 0 saturated carbocycles. The molecule has 0 radical (unpaired) electrons. The second-order valence-corrected chi connectivity index (χ2v) is 5.14. The van der Waals surface area contributed by atoms with E-state index in [2.05, 4.69) is 29.0 Å². The Labute approximate surface area is 103 Å². The Balaban J connectivity index is 2.13.